The van der Waals surface area contributed by atoms with E-state index in [-0.39, 0.29) is 5.82 Å². The van der Waals surface area contributed by atoms with Gasteiger partial charge in [-0.25, -0.2) is 4.79 Å². The van der Waals surface area contributed by atoms with Gasteiger partial charge in [-0.3, -0.25) is 0 Å². The van der Waals surface area contributed by atoms with Crippen molar-refractivity contribution >= 4 is 24.0 Å². The third kappa shape index (κ3) is 2.29. The van der Waals surface area contributed by atoms with Gasteiger partial charge in [0.05, 0.1) is 12.2 Å². The fraction of sp³-hybridized carbons (Fsp3) is 0.250. The molecule has 4 nitrogen and oxygen atoms in total. The standard InChI is InChI=1S/C8H10N2O2S/c1-2-12-8(11)5-3-4-6(13)10-7(5)9/h3-4H,2H2,1H3,(H3,9,10,13). The molecule has 0 aliphatic heterocycles. The van der Waals surface area contributed by atoms with Gasteiger partial charge in [-0.05, 0) is 19.1 Å². The Morgan fingerprint density at radius 3 is 2.92 bits per heavy atom. The molecule has 0 bridgehead atoms. The maximum atomic E-state index is 11.2. The van der Waals surface area contributed by atoms with Crippen LogP contribution in [-0.2, 0) is 4.74 Å². The lowest BCUT2D eigenvalue weighted by molar-refractivity contribution is 0.0527. The Morgan fingerprint density at radius 2 is 2.38 bits per heavy atom. The predicted octanol–water partition coefficient (Wildman–Crippen LogP) is 1.50. The third-order valence-electron chi connectivity index (χ3n) is 1.44. The van der Waals surface area contributed by atoms with Gasteiger partial charge in [-0.1, -0.05) is 12.2 Å². The van der Waals surface area contributed by atoms with Crippen molar-refractivity contribution in [2.75, 3.05) is 12.3 Å². The van der Waals surface area contributed by atoms with Crippen molar-refractivity contribution in [3.63, 3.8) is 0 Å². The summed E-state index contributed by atoms with van der Waals surface area (Å²) < 4.78 is 5.27. The Kier molecular flexibility index (Phi) is 3.02. The lowest BCUT2D eigenvalue weighted by Crippen LogP contribution is -2.09. The molecule has 0 unspecified atom stereocenters. The van der Waals surface area contributed by atoms with Crippen molar-refractivity contribution in [2.24, 2.45) is 0 Å². The van der Waals surface area contributed by atoms with Gasteiger partial charge in [0, 0.05) is 0 Å². The van der Waals surface area contributed by atoms with Crippen molar-refractivity contribution in [1.29, 1.82) is 0 Å². The number of nitrogens with one attached hydrogen (secondary N) is 1. The van der Waals surface area contributed by atoms with Gasteiger partial charge in [0.2, 0.25) is 0 Å². The minimum Gasteiger partial charge on any atom is -0.462 e. The lowest BCUT2D eigenvalue weighted by atomic mass is 10.2. The maximum Gasteiger partial charge on any atom is 0.341 e. The number of carbonyl (C=O) groups excluding carboxylic acids is 1. The largest absolute Gasteiger partial charge is 0.462 e. The van der Waals surface area contributed by atoms with Gasteiger partial charge in [0.25, 0.3) is 0 Å². The number of aromatic amines is 1. The minimum atomic E-state index is -0.439. The molecular formula is C8H10N2O2S. The lowest BCUT2D eigenvalue weighted by Gasteiger charge is -2.03. The molecule has 0 amide bonds. The molecule has 13 heavy (non-hydrogen) atoms. The van der Waals surface area contributed by atoms with Crippen LogP contribution in [0, 0.1) is 4.64 Å². The average molecular weight is 198 g/mol. The van der Waals surface area contributed by atoms with Crippen molar-refractivity contribution in [3.05, 3.63) is 22.3 Å². The second-order valence-electron chi connectivity index (χ2n) is 2.37. The van der Waals surface area contributed by atoms with Gasteiger partial charge in [0.1, 0.15) is 10.5 Å². The molecule has 0 fully saturated rings. The molecule has 0 saturated heterocycles. The highest BCUT2D eigenvalue weighted by atomic mass is 32.1. The van der Waals surface area contributed by atoms with Gasteiger partial charge in [0.15, 0.2) is 0 Å². The molecular weight excluding hydrogens is 188 g/mol. The van der Waals surface area contributed by atoms with Crippen molar-refractivity contribution in [3.8, 4) is 0 Å². The average Bonchev–Trinajstić information content (AvgIpc) is 2.04. The molecule has 0 aromatic carbocycles. The molecule has 0 saturated carbocycles. The number of hydrogen-bond donors (Lipinski definition) is 2. The van der Waals surface area contributed by atoms with Crippen LogP contribution in [0.2, 0.25) is 0 Å². The van der Waals surface area contributed by atoms with Gasteiger partial charge < -0.3 is 15.5 Å². The summed E-state index contributed by atoms with van der Waals surface area (Å²) in [7, 11) is 0. The molecule has 1 aromatic rings. The van der Waals surface area contributed by atoms with Crippen LogP contribution in [0.25, 0.3) is 0 Å². The van der Waals surface area contributed by atoms with Crippen LogP contribution in [-0.4, -0.2) is 17.6 Å². The molecule has 0 aliphatic rings. The summed E-state index contributed by atoms with van der Waals surface area (Å²) in [5.41, 5.74) is 5.84. The molecule has 3 N–H and O–H groups in total. The van der Waals surface area contributed by atoms with E-state index in [4.69, 9.17) is 22.7 Å². The van der Waals surface area contributed by atoms with E-state index in [1.165, 1.54) is 0 Å². The number of pyridine rings is 1. The van der Waals surface area contributed by atoms with Crippen LogP contribution >= 0.6 is 12.2 Å². The highest BCUT2D eigenvalue weighted by Gasteiger charge is 2.09. The molecule has 5 heteroatoms. The number of H-pyrrole nitrogens is 1. The Balaban J connectivity index is 3.02. The van der Waals surface area contributed by atoms with Gasteiger partial charge in [-0.2, -0.15) is 0 Å². The smallest absolute Gasteiger partial charge is 0.341 e. The molecule has 1 aromatic heterocycles. The Morgan fingerprint density at radius 1 is 1.69 bits per heavy atom. The van der Waals surface area contributed by atoms with E-state index in [0.717, 1.165) is 0 Å². The second kappa shape index (κ2) is 4.04. The fourth-order valence-corrected chi connectivity index (χ4v) is 1.06. The van der Waals surface area contributed by atoms with Crippen LogP contribution in [0.3, 0.4) is 0 Å². The van der Waals surface area contributed by atoms with Gasteiger partial charge >= 0.3 is 5.97 Å². The molecule has 0 radical (unpaired) electrons. The Bertz CT molecular complexity index is 373. The zero-order chi connectivity index (χ0) is 9.84. The van der Waals surface area contributed by atoms with Crippen LogP contribution in [0.4, 0.5) is 5.82 Å². The van der Waals surface area contributed by atoms with E-state index < -0.39 is 5.97 Å². The fourth-order valence-electron chi connectivity index (χ4n) is 0.877. The Hall–Kier alpha value is -1.36. The number of nitrogen functional groups attached to an aromatic ring is 1. The van der Waals surface area contributed by atoms with Crippen molar-refractivity contribution < 1.29 is 9.53 Å². The number of rotatable bonds is 2. The van der Waals surface area contributed by atoms with Crippen LogP contribution in [0.1, 0.15) is 17.3 Å². The summed E-state index contributed by atoms with van der Waals surface area (Å²) >= 11 is 4.82. The van der Waals surface area contributed by atoms with Crippen molar-refractivity contribution in [1.82, 2.24) is 4.98 Å². The van der Waals surface area contributed by atoms with E-state index in [9.17, 15) is 4.79 Å². The zero-order valence-electron chi connectivity index (χ0n) is 7.16. The van der Waals surface area contributed by atoms with Crippen LogP contribution in [0.5, 0.6) is 0 Å². The summed E-state index contributed by atoms with van der Waals surface area (Å²) in [6.45, 7) is 2.06. The normalized spacial score (nSPS) is 9.62. The highest BCUT2D eigenvalue weighted by Crippen LogP contribution is 2.09. The maximum absolute atomic E-state index is 11.2. The number of nitrogens with two attached hydrogens (primary N) is 1. The zero-order valence-corrected chi connectivity index (χ0v) is 7.98. The number of ether oxygens (including phenoxy) is 1. The highest BCUT2D eigenvalue weighted by molar-refractivity contribution is 7.71. The number of aromatic nitrogens is 1. The molecule has 0 atom stereocenters. The molecule has 70 valence electrons. The third-order valence-corrected chi connectivity index (χ3v) is 1.68. The number of hydrogen-bond acceptors (Lipinski definition) is 4. The first-order chi connectivity index (χ1) is 6.15. The van der Waals surface area contributed by atoms with E-state index in [2.05, 4.69) is 4.98 Å². The summed E-state index contributed by atoms with van der Waals surface area (Å²) in [4.78, 5) is 13.9. The summed E-state index contributed by atoms with van der Waals surface area (Å²) in [5.74, 6) is -0.197. The summed E-state index contributed by atoms with van der Waals surface area (Å²) in [5, 5.41) is 0. The second-order valence-corrected chi connectivity index (χ2v) is 2.81. The first-order valence-corrected chi connectivity index (χ1v) is 4.22. The molecule has 0 spiro atoms. The molecule has 0 aliphatic carbocycles. The number of esters is 1. The van der Waals surface area contributed by atoms with E-state index >= 15 is 0 Å². The quantitative estimate of drug-likeness (QED) is 0.558. The molecule has 1 rings (SSSR count). The Labute approximate surface area is 80.7 Å². The topological polar surface area (TPSA) is 68.1 Å². The van der Waals surface area contributed by atoms with E-state index in [1.807, 2.05) is 0 Å². The monoisotopic (exact) mass is 198 g/mol. The summed E-state index contributed by atoms with van der Waals surface area (Å²) in [6, 6.07) is 3.14. The minimum absolute atomic E-state index is 0.242. The van der Waals surface area contributed by atoms with E-state index in [1.54, 1.807) is 19.1 Å². The van der Waals surface area contributed by atoms with Crippen molar-refractivity contribution in [2.45, 2.75) is 6.92 Å². The summed E-state index contributed by atoms with van der Waals surface area (Å²) in [6.07, 6.45) is 0. The number of anilines is 1. The van der Waals surface area contributed by atoms with E-state index in [0.29, 0.717) is 16.8 Å². The van der Waals surface area contributed by atoms with Gasteiger partial charge in [-0.15, -0.1) is 0 Å². The first kappa shape index (κ1) is 9.73. The molecule has 1 heterocycles. The number of carbonyl (C=O) groups is 1. The van der Waals surface area contributed by atoms with Crippen LogP contribution in [0.15, 0.2) is 12.1 Å². The van der Waals surface area contributed by atoms with Crippen LogP contribution < -0.4 is 5.73 Å². The first-order valence-electron chi connectivity index (χ1n) is 3.81. The predicted molar refractivity (Wildman–Crippen MR) is 52.0 cm³/mol. The SMILES string of the molecule is CCOC(=O)c1ccc(=S)[nH]c1N.